The summed E-state index contributed by atoms with van der Waals surface area (Å²) < 4.78 is 1.44. The van der Waals surface area contributed by atoms with E-state index < -0.39 is 17.3 Å². The number of hydrogen-bond donors (Lipinski definition) is 1. The van der Waals surface area contributed by atoms with Gasteiger partial charge < -0.3 is 5.11 Å². The van der Waals surface area contributed by atoms with Gasteiger partial charge in [-0.2, -0.15) is 0 Å². The predicted molar refractivity (Wildman–Crippen MR) is 89.0 cm³/mol. The molecule has 0 amide bonds. The number of allylic oxidation sites excluding steroid dienone is 3. The van der Waals surface area contributed by atoms with Crippen LogP contribution in [0.5, 0.6) is 5.75 Å². The summed E-state index contributed by atoms with van der Waals surface area (Å²) in [6, 6.07) is 4.09. The molecule has 6 heteroatoms. The van der Waals surface area contributed by atoms with E-state index in [1.165, 1.54) is 42.2 Å². The van der Waals surface area contributed by atoms with Crippen LogP contribution in [-0.2, 0) is 9.59 Å². The van der Waals surface area contributed by atoms with Crippen molar-refractivity contribution in [1.29, 1.82) is 0 Å². The van der Waals surface area contributed by atoms with E-state index in [0.29, 0.717) is 5.02 Å². The van der Waals surface area contributed by atoms with Gasteiger partial charge in [0.1, 0.15) is 5.75 Å². The highest BCUT2D eigenvalue weighted by Gasteiger charge is 2.18. The smallest absolute Gasteiger partial charge is 0.197 e. The molecule has 0 aliphatic heterocycles. The van der Waals surface area contributed by atoms with Crippen molar-refractivity contribution in [3.63, 3.8) is 0 Å². The lowest BCUT2D eigenvalue weighted by Crippen LogP contribution is -2.09. The molecule has 1 rings (SSSR count). The van der Waals surface area contributed by atoms with Gasteiger partial charge in [0.25, 0.3) is 0 Å². The molecule has 21 heavy (non-hydrogen) atoms. The normalized spacial score (nSPS) is 11.0. The number of Topliss-reactive ketones (excluding diaryl/α,β-unsaturated/α-hetero) is 3. The summed E-state index contributed by atoms with van der Waals surface area (Å²) in [5.74, 6) is -1.60. The van der Waals surface area contributed by atoms with Gasteiger partial charge in [0, 0.05) is 10.6 Å². The molecule has 1 N–H and O–H groups in total. The second kappa shape index (κ2) is 7.51. The molecule has 1 aromatic carbocycles. The van der Waals surface area contributed by atoms with Crippen LogP contribution in [0.25, 0.3) is 0 Å². The maximum Gasteiger partial charge on any atom is 0.197 e. The average molecular weight is 419 g/mol. The number of rotatable bonds is 5. The molecule has 1 aromatic rings. The van der Waals surface area contributed by atoms with E-state index in [1.54, 1.807) is 0 Å². The molecule has 0 aromatic heterocycles. The van der Waals surface area contributed by atoms with Crippen molar-refractivity contribution in [1.82, 2.24) is 0 Å². The van der Waals surface area contributed by atoms with Crippen LogP contribution in [0.15, 0.2) is 39.5 Å². The monoisotopic (exact) mass is 418 g/mol. The van der Waals surface area contributed by atoms with Crippen molar-refractivity contribution in [3.8, 4) is 5.75 Å². The summed E-state index contributed by atoms with van der Waals surface area (Å²) in [4.78, 5) is 35.2. The van der Waals surface area contributed by atoms with Gasteiger partial charge in [-0.1, -0.05) is 34.2 Å². The Hall–Kier alpha value is -1.47. The molecule has 0 saturated carbocycles. The van der Waals surface area contributed by atoms with Crippen LogP contribution in [0.4, 0.5) is 0 Å². The Kier molecular flexibility index (Phi) is 6.29. The molecule has 0 aliphatic rings. The van der Waals surface area contributed by atoms with Crippen molar-refractivity contribution in [2.24, 2.45) is 0 Å². The Morgan fingerprint density at radius 1 is 1.19 bits per heavy atom. The van der Waals surface area contributed by atoms with E-state index in [-0.39, 0.29) is 22.5 Å². The van der Waals surface area contributed by atoms with Crippen LogP contribution in [0, 0.1) is 0 Å². The highest BCUT2D eigenvalue weighted by Crippen LogP contribution is 2.25. The van der Waals surface area contributed by atoms with Gasteiger partial charge in [0.05, 0.1) is 11.1 Å². The van der Waals surface area contributed by atoms with Crippen molar-refractivity contribution in [3.05, 3.63) is 50.1 Å². The summed E-state index contributed by atoms with van der Waals surface area (Å²) >= 11 is 7.63. The SMILES string of the molecule is CC(=O)C(=C/C(=C\I)C(=O)c1cc(Cl)ccc1O)C(C)=O. The third kappa shape index (κ3) is 4.50. The maximum absolute atomic E-state index is 12.4. The minimum atomic E-state index is -0.524. The first-order valence-corrected chi connectivity index (χ1v) is 7.47. The van der Waals surface area contributed by atoms with Gasteiger partial charge in [-0.15, -0.1) is 0 Å². The lowest BCUT2D eigenvalue weighted by Gasteiger charge is -2.06. The Labute approximate surface area is 140 Å². The standard InChI is InChI=1S/C15H12ClIO4/c1-8(18)12(9(2)19)5-10(7-17)15(21)13-6-11(16)3-4-14(13)20/h3-7,20H,1-2H3/b10-7+. The quantitative estimate of drug-likeness (QED) is 0.198. The van der Waals surface area contributed by atoms with Crippen LogP contribution < -0.4 is 0 Å². The third-order valence-corrected chi connectivity index (χ3v) is 3.55. The highest BCUT2D eigenvalue weighted by atomic mass is 127. The first-order valence-electron chi connectivity index (χ1n) is 5.85. The predicted octanol–water partition coefficient (Wildman–Crippen LogP) is 3.65. The summed E-state index contributed by atoms with van der Waals surface area (Å²) in [7, 11) is 0. The summed E-state index contributed by atoms with van der Waals surface area (Å²) in [6.07, 6.45) is 1.22. The zero-order valence-electron chi connectivity index (χ0n) is 11.3. The zero-order chi connectivity index (χ0) is 16.2. The number of benzene rings is 1. The molecule has 4 nitrogen and oxygen atoms in total. The molecular formula is C15H12ClIO4. The van der Waals surface area contributed by atoms with Crippen LogP contribution >= 0.6 is 34.2 Å². The van der Waals surface area contributed by atoms with E-state index in [0.717, 1.165) is 0 Å². The molecule has 110 valence electrons. The number of hydrogen-bond acceptors (Lipinski definition) is 4. The first-order chi connectivity index (χ1) is 9.77. The van der Waals surface area contributed by atoms with Crippen molar-refractivity contribution in [2.75, 3.05) is 0 Å². The number of ketones is 3. The largest absolute Gasteiger partial charge is 0.507 e. The van der Waals surface area contributed by atoms with E-state index in [1.807, 2.05) is 22.6 Å². The highest BCUT2D eigenvalue weighted by molar-refractivity contribution is 14.1. The number of halogens is 2. The topological polar surface area (TPSA) is 71.4 Å². The molecule has 0 radical (unpaired) electrons. The molecule has 0 atom stereocenters. The molecule has 0 fully saturated rings. The second-order valence-corrected chi connectivity index (χ2v) is 5.28. The fourth-order valence-corrected chi connectivity index (χ4v) is 2.23. The maximum atomic E-state index is 12.4. The number of aromatic hydroxyl groups is 1. The molecular weight excluding hydrogens is 407 g/mol. The summed E-state index contributed by atoms with van der Waals surface area (Å²) in [6.45, 7) is 2.50. The minimum absolute atomic E-state index is 0.00752. The van der Waals surface area contributed by atoms with E-state index in [2.05, 4.69) is 0 Å². The van der Waals surface area contributed by atoms with Gasteiger partial charge in [-0.05, 0) is 42.2 Å². The molecule has 0 bridgehead atoms. The van der Waals surface area contributed by atoms with Crippen molar-refractivity contribution >= 4 is 51.5 Å². The second-order valence-electron chi connectivity index (χ2n) is 4.23. The van der Waals surface area contributed by atoms with Crippen LogP contribution in [0.2, 0.25) is 5.02 Å². The van der Waals surface area contributed by atoms with Crippen LogP contribution in [0.1, 0.15) is 24.2 Å². The molecule has 0 aliphatic carbocycles. The molecule has 0 unspecified atom stereocenters. The Morgan fingerprint density at radius 3 is 2.24 bits per heavy atom. The molecule has 0 spiro atoms. The van der Waals surface area contributed by atoms with Crippen molar-refractivity contribution in [2.45, 2.75) is 13.8 Å². The van der Waals surface area contributed by atoms with E-state index >= 15 is 0 Å². The fourth-order valence-electron chi connectivity index (χ4n) is 1.60. The number of phenols is 1. The third-order valence-electron chi connectivity index (χ3n) is 2.64. The Morgan fingerprint density at radius 2 is 1.76 bits per heavy atom. The number of phenolic OH excluding ortho intramolecular Hbond substituents is 1. The van der Waals surface area contributed by atoms with Gasteiger partial charge in [-0.25, -0.2) is 0 Å². The Bertz CT molecular complexity index is 658. The number of carbonyl (C=O) groups is 3. The van der Waals surface area contributed by atoms with Gasteiger partial charge in [0.15, 0.2) is 17.3 Å². The molecule has 0 saturated heterocycles. The van der Waals surface area contributed by atoms with Crippen LogP contribution in [0.3, 0.4) is 0 Å². The summed E-state index contributed by atoms with van der Waals surface area (Å²) in [5, 5.41) is 10.0. The van der Waals surface area contributed by atoms with Gasteiger partial charge >= 0.3 is 0 Å². The van der Waals surface area contributed by atoms with E-state index in [4.69, 9.17) is 11.6 Å². The zero-order valence-corrected chi connectivity index (χ0v) is 14.2. The fraction of sp³-hybridized carbons (Fsp3) is 0.133. The lowest BCUT2D eigenvalue weighted by atomic mass is 9.99. The van der Waals surface area contributed by atoms with E-state index in [9.17, 15) is 19.5 Å². The van der Waals surface area contributed by atoms with Crippen molar-refractivity contribution < 1.29 is 19.5 Å². The first kappa shape index (κ1) is 17.6. The van der Waals surface area contributed by atoms with Gasteiger partial charge in [-0.3, -0.25) is 14.4 Å². The summed E-state index contributed by atoms with van der Waals surface area (Å²) in [5.41, 5.74) is 0.0504. The number of carbonyl (C=O) groups excluding carboxylic acids is 3. The Balaban J connectivity index is 3.32. The molecule has 0 heterocycles. The minimum Gasteiger partial charge on any atom is -0.507 e. The van der Waals surface area contributed by atoms with Crippen LogP contribution in [-0.4, -0.2) is 22.5 Å². The lowest BCUT2D eigenvalue weighted by molar-refractivity contribution is -0.119. The average Bonchev–Trinajstić information content (AvgIpc) is 2.41. The van der Waals surface area contributed by atoms with Gasteiger partial charge in [0.2, 0.25) is 0 Å².